The average Bonchev–Trinajstić information content (AvgIpc) is 1.85. The van der Waals surface area contributed by atoms with Crippen LogP contribution in [0.5, 0.6) is 0 Å². The Labute approximate surface area is 69.9 Å². The van der Waals surface area contributed by atoms with Gasteiger partial charge in [-0.25, -0.2) is 0 Å². The molecule has 0 aliphatic carbocycles. The van der Waals surface area contributed by atoms with Crippen molar-refractivity contribution in [3.63, 3.8) is 0 Å². The summed E-state index contributed by atoms with van der Waals surface area (Å²) in [5, 5.41) is 3.00. The Morgan fingerprint density at radius 3 is 2.36 bits per heavy atom. The van der Waals surface area contributed by atoms with Gasteiger partial charge in [-0.05, 0) is 17.2 Å². The van der Waals surface area contributed by atoms with Crippen molar-refractivity contribution in [2.45, 2.75) is 27.2 Å². The molecule has 0 saturated carbocycles. The van der Waals surface area contributed by atoms with Gasteiger partial charge in [-0.15, -0.1) is 12.3 Å². The number of terminal acetylenes is 1. The van der Waals surface area contributed by atoms with Crippen molar-refractivity contribution in [2.75, 3.05) is 7.05 Å². The molecule has 1 nitrogen and oxygen atoms in total. The van der Waals surface area contributed by atoms with Crippen molar-refractivity contribution in [3.05, 3.63) is 11.8 Å². The maximum atomic E-state index is 5.24. The van der Waals surface area contributed by atoms with Gasteiger partial charge in [0.15, 0.2) is 0 Å². The molecule has 11 heavy (non-hydrogen) atoms. The summed E-state index contributed by atoms with van der Waals surface area (Å²) in [7, 11) is 1.89. The van der Waals surface area contributed by atoms with E-state index in [-0.39, 0.29) is 5.41 Å². The van der Waals surface area contributed by atoms with Crippen molar-refractivity contribution < 1.29 is 0 Å². The van der Waals surface area contributed by atoms with Gasteiger partial charge >= 0.3 is 0 Å². The molecule has 0 rings (SSSR count). The number of nitrogens with one attached hydrogen (secondary N) is 1. The van der Waals surface area contributed by atoms with Crippen LogP contribution < -0.4 is 5.32 Å². The fourth-order valence-electron chi connectivity index (χ4n) is 0.817. The summed E-state index contributed by atoms with van der Waals surface area (Å²) < 4.78 is 0. The Bertz CT molecular complexity index is 176. The minimum atomic E-state index is 0.176. The lowest BCUT2D eigenvalue weighted by Gasteiger charge is -2.21. The van der Waals surface area contributed by atoms with Gasteiger partial charge in [0.1, 0.15) is 0 Å². The van der Waals surface area contributed by atoms with Gasteiger partial charge < -0.3 is 5.32 Å². The van der Waals surface area contributed by atoms with E-state index in [0.717, 1.165) is 6.42 Å². The SMILES string of the molecule is C#CC/C(=C\NC)C(C)(C)C. The lowest BCUT2D eigenvalue weighted by atomic mass is 9.85. The molecule has 1 heteroatoms. The van der Waals surface area contributed by atoms with Crippen LogP contribution in [0.25, 0.3) is 0 Å². The number of rotatable bonds is 2. The summed E-state index contributed by atoms with van der Waals surface area (Å²) in [5.41, 5.74) is 1.44. The minimum Gasteiger partial charge on any atom is -0.394 e. The lowest BCUT2D eigenvalue weighted by molar-refractivity contribution is 0.492. The van der Waals surface area contributed by atoms with Gasteiger partial charge in [0.2, 0.25) is 0 Å². The molecule has 62 valence electrons. The quantitative estimate of drug-likeness (QED) is 0.596. The number of hydrogen-bond donors (Lipinski definition) is 1. The predicted molar refractivity (Wildman–Crippen MR) is 50.0 cm³/mol. The molecule has 0 fully saturated rings. The zero-order valence-corrected chi connectivity index (χ0v) is 7.86. The highest BCUT2D eigenvalue weighted by Crippen LogP contribution is 2.26. The molecule has 0 atom stereocenters. The van der Waals surface area contributed by atoms with Crippen LogP contribution in [-0.4, -0.2) is 7.05 Å². The standard InChI is InChI=1S/C10H17N/c1-6-7-9(8-11-5)10(2,3)4/h1,8,11H,7H2,2-5H3/b9-8+. The Morgan fingerprint density at radius 1 is 1.55 bits per heavy atom. The third-order valence-corrected chi connectivity index (χ3v) is 1.57. The lowest BCUT2D eigenvalue weighted by Crippen LogP contribution is -2.12. The monoisotopic (exact) mass is 151 g/mol. The van der Waals surface area contributed by atoms with E-state index in [0.29, 0.717) is 0 Å². The van der Waals surface area contributed by atoms with Gasteiger partial charge in [-0.3, -0.25) is 0 Å². The van der Waals surface area contributed by atoms with Crippen molar-refractivity contribution >= 4 is 0 Å². The molecule has 0 aromatic carbocycles. The number of hydrogen-bond acceptors (Lipinski definition) is 1. The molecule has 1 N–H and O–H groups in total. The molecule has 0 heterocycles. The average molecular weight is 151 g/mol. The van der Waals surface area contributed by atoms with E-state index in [9.17, 15) is 0 Å². The van der Waals surface area contributed by atoms with Gasteiger partial charge in [0.05, 0.1) is 0 Å². The predicted octanol–water partition coefficient (Wildman–Crippen LogP) is 2.16. The number of allylic oxidation sites excluding steroid dienone is 1. The highest BCUT2D eigenvalue weighted by molar-refractivity contribution is 5.16. The molecule has 0 radical (unpaired) electrons. The molecule has 0 aliphatic heterocycles. The van der Waals surface area contributed by atoms with Crippen LogP contribution in [0.2, 0.25) is 0 Å². The summed E-state index contributed by atoms with van der Waals surface area (Å²) in [6.07, 6.45) is 7.95. The van der Waals surface area contributed by atoms with Crippen molar-refractivity contribution in [1.29, 1.82) is 0 Å². The second kappa shape index (κ2) is 4.08. The molecule has 0 aliphatic rings. The van der Waals surface area contributed by atoms with Crippen molar-refractivity contribution in [1.82, 2.24) is 5.32 Å². The van der Waals surface area contributed by atoms with Crippen LogP contribution in [0.3, 0.4) is 0 Å². The first kappa shape index (κ1) is 10.1. The first-order valence-corrected chi connectivity index (χ1v) is 3.82. The van der Waals surface area contributed by atoms with Crippen molar-refractivity contribution in [2.24, 2.45) is 5.41 Å². The van der Waals surface area contributed by atoms with Crippen molar-refractivity contribution in [3.8, 4) is 12.3 Å². The summed E-state index contributed by atoms with van der Waals surface area (Å²) in [5.74, 6) is 2.65. The fourth-order valence-corrected chi connectivity index (χ4v) is 0.817. The topological polar surface area (TPSA) is 12.0 Å². The summed E-state index contributed by atoms with van der Waals surface area (Å²) in [6.45, 7) is 6.48. The van der Waals surface area contributed by atoms with Gasteiger partial charge in [0.25, 0.3) is 0 Å². The Hall–Kier alpha value is -0.900. The first-order chi connectivity index (χ1) is 5.02. The van der Waals surface area contributed by atoms with Crippen LogP contribution in [-0.2, 0) is 0 Å². The van der Waals surface area contributed by atoms with Crippen LogP contribution in [0, 0.1) is 17.8 Å². The molecule has 0 aromatic heterocycles. The van der Waals surface area contributed by atoms with E-state index in [1.165, 1.54) is 5.57 Å². The fraction of sp³-hybridized carbons (Fsp3) is 0.600. The smallest absolute Gasteiger partial charge is 0.0319 e. The highest BCUT2D eigenvalue weighted by Gasteiger charge is 2.15. The van der Waals surface area contributed by atoms with Crippen LogP contribution >= 0.6 is 0 Å². The molecule has 0 bridgehead atoms. The summed E-state index contributed by atoms with van der Waals surface area (Å²) in [6, 6.07) is 0. The summed E-state index contributed by atoms with van der Waals surface area (Å²) in [4.78, 5) is 0. The molecular weight excluding hydrogens is 134 g/mol. The van der Waals surface area contributed by atoms with E-state index in [4.69, 9.17) is 6.42 Å². The van der Waals surface area contributed by atoms with E-state index in [1.54, 1.807) is 0 Å². The first-order valence-electron chi connectivity index (χ1n) is 3.82. The van der Waals surface area contributed by atoms with E-state index in [1.807, 2.05) is 13.2 Å². The maximum Gasteiger partial charge on any atom is 0.0319 e. The van der Waals surface area contributed by atoms with E-state index >= 15 is 0 Å². The second-order valence-corrected chi connectivity index (χ2v) is 3.59. The third kappa shape index (κ3) is 3.72. The molecular formula is C10H17N. The third-order valence-electron chi connectivity index (χ3n) is 1.57. The van der Waals surface area contributed by atoms with Gasteiger partial charge in [-0.1, -0.05) is 20.8 Å². The zero-order valence-electron chi connectivity index (χ0n) is 7.86. The molecule has 0 unspecified atom stereocenters. The van der Waals surface area contributed by atoms with E-state index < -0.39 is 0 Å². The van der Waals surface area contributed by atoms with Gasteiger partial charge in [-0.2, -0.15) is 0 Å². The molecule has 0 amide bonds. The summed E-state index contributed by atoms with van der Waals surface area (Å²) >= 11 is 0. The maximum absolute atomic E-state index is 5.24. The van der Waals surface area contributed by atoms with E-state index in [2.05, 4.69) is 32.0 Å². The normalized spacial score (nSPS) is 12.5. The van der Waals surface area contributed by atoms with Gasteiger partial charge in [0, 0.05) is 13.5 Å². The van der Waals surface area contributed by atoms with Crippen LogP contribution in [0.1, 0.15) is 27.2 Å². The Morgan fingerprint density at radius 2 is 2.09 bits per heavy atom. The Kier molecular flexibility index (Phi) is 3.74. The second-order valence-electron chi connectivity index (χ2n) is 3.59. The molecule has 0 saturated heterocycles. The van der Waals surface area contributed by atoms with Crippen LogP contribution in [0.4, 0.5) is 0 Å². The zero-order chi connectivity index (χ0) is 8.91. The van der Waals surface area contributed by atoms with Crippen LogP contribution in [0.15, 0.2) is 11.8 Å². The Balaban J connectivity index is 4.38. The minimum absolute atomic E-state index is 0.176. The largest absolute Gasteiger partial charge is 0.394 e. The highest BCUT2D eigenvalue weighted by atomic mass is 14.8. The molecule has 0 spiro atoms. The molecule has 0 aromatic rings.